The largest absolute Gasteiger partial charge is 0.478 e. The summed E-state index contributed by atoms with van der Waals surface area (Å²) in [7, 11) is -1.00. The summed E-state index contributed by atoms with van der Waals surface area (Å²) in [5.74, 6) is -2.02. The van der Waals surface area contributed by atoms with Crippen molar-refractivity contribution in [3.05, 3.63) is 0 Å². The van der Waals surface area contributed by atoms with Gasteiger partial charge >= 0.3 is 28.4 Å². The minimum Gasteiger partial charge on any atom is -0.478 e. The number of halogens is 4. The van der Waals surface area contributed by atoms with E-state index in [4.69, 9.17) is 18.1 Å². The maximum Gasteiger partial charge on any atom is 0.348 e. The zero-order chi connectivity index (χ0) is 23.4. The van der Waals surface area contributed by atoms with Gasteiger partial charge in [-0.3, -0.25) is 28.4 Å². The molecule has 2 fully saturated rings. The van der Waals surface area contributed by atoms with Gasteiger partial charge in [0, 0.05) is 39.5 Å². The van der Waals surface area contributed by atoms with Crippen LogP contribution in [0.15, 0.2) is 0 Å². The maximum atomic E-state index is 10.6. The summed E-state index contributed by atoms with van der Waals surface area (Å²) in [6.45, 7) is 2.48. The van der Waals surface area contributed by atoms with Crippen molar-refractivity contribution >= 4 is 68.4 Å². The Labute approximate surface area is 175 Å². The Kier molecular flexibility index (Phi) is 11.8. The van der Waals surface area contributed by atoms with E-state index in [0.29, 0.717) is 25.7 Å². The van der Waals surface area contributed by atoms with Crippen molar-refractivity contribution in [3.63, 3.8) is 0 Å². The molecule has 2 aliphatic carbocycles. The van der Waals surface area contributed by atoms with Gasteiger partial charge in [-0.05, 0) is 34.8 Å². The number of rotatable bonds is 5. The van der Waals surface area contributed by atoms with Crippen LogP contribution in [0.4, 0.5) is 4.39 Å². The van der Waals surface area contributed by atoms with Crippen molar-refractivity contribution in [2.75, 3.05) is 7.15 Å². The zero-order valence-electron chi connectivity index (χ0n) is 15.8. The summed E-state index contributed by atoms with van der Waals surface area (Å²) in [5.41, 5.74) is -2.11. The molecule has 0 bridgehead atoms. The smallest absolute Gasteiger partial charge is 0.348 e. The van der Waals surface area contributed by atoms with Crippen LogP contribution in [0.5, 0.6) is 0 Å². The summed E-state index contributed by atoms with van der Waals surface area (Å²) >= 11 is 14.1. The molecule has 0 aromatic rings. The van der Waals surface area contributed by atoms with Gasteiger partial charge < -0.3 is 14.6 Å². The zero-order valence-corrected chi connectivity index (χ0v) is 17.0. The minimum atomic E-state index is -1.16. The van der Waals surface area contributed by atoms with Gasteiger partial charge in [-0.15, -0.1) is 0 Å². The molecule has 2 rings (SSSR count). The third-order valence-electron chi connectivity index (χ3n) is 2.99. The molecule has 0 aliphatic heterocycles. The van der Waals surface area contributed by atoms with Crippen LogP contribution in [0.1, 0.15) is 40.9 Å². The molecule has 28 heavy (non-hydrogen) atoms. The Balaban J connectivity index is 0. The Morgan fingerprint density at radius 3 is 1.21 bits per heavy atom. The standard InChI is InChI=1S/C6H7ClO3.C6H8O4.C2Cl2O2.CH3F/c1-4(8)10-6(2-3-6)5(7)9;1-4(7)10-6(2-3-6)5(8)9;3-1(5)2(4)6;1-2/h2-3H2,1H3;2-3H2,1H3,(H,8,9);;1H3/i;;;1D. The lowest BCUT2D eigenvalue weighted by Crippen LogP contribution is -2.27. The van der Waals surface area contributed by atoms with Gasteiger partial charge in [0.15, 0.2) is 5.60 Å². The first-order valence-corrected chi connectivity index (χ1v) is 8.40. The molecule has 0 heterocycles. The molecule has 2 saturated carbocycles. The number of alkyl halides is 1. The fourth-order valence-corrected chi connectivity index (χ4v) is 1.70. The summed E-state index contributed by atoms with van der Waals surface area (Å²) in [4.78, 5) is 60.4. The fourth-order valence-electron chi connectivity index (χ4n) is 1.48. The number of hydrogen-bond donors (Lipinski definition) is 1. The third kappa shape index (κ3) is 11.2. The number of carbonyl (C=O) groups is 6. The summed E-state index contributed by atoms with van der Waals surface area (Å²) in [5, 5.41) is 5.62. The first-order chi connectivity index (χ1) is 13.2. The molecule has 0 unspecified atom stereocenters. The normalized spacial score (nSPS) is 16.4. The second-order valence-corrected chi connectivity index (χ2v) is 6.33. The highest BCUT2D eigenvalue weighted by atomic mass is 35.5. The third-order valence-corrected chi connectivity index (χ3v) is 3.77. The topological polar surface area (TPSA) is 141 Å². The van der Waals surface area contributed by atoms with Crippen LogP contribution in [-0.4, -0.2) is 57.1 Å². The van der Waals surface area contributed by atoms with Crippen molar-refractivity contribution in [1.29, 1.82) is 0 Å². The van der Waals surface area contributed by atoms with E-state index in [9.17, 15) is 33.2 Å². The number of esters is 2. The van der Waals surface area contributed by atoms with Crippen molar-refractivity contribution in [2.45, 2.75) is 50.7 Å². The Morgan fingerprint density at radius 1 is 0.857 bits per heavy atom. The van der Waals surface area contributed by atoms with E-state index in [1.54, 1.807) is 0 Å². The van der Waals surface area contributed by atoms with E-state index in [-0.39, 0.29) is 0 Å². The molecule has 2 aliphatic rings. The Morgan fingerprint density at radius 2 is 1.14 bits per heavy atom. The first-order valence-electron chi connectivity index (χ1n) is 7.97. The number of carbonyl (C=O) groups excluding carboxylic acids is 5. The van der Waals surface area contributed by atoms with Crippen molar-refractivity contribution in [2.24, 2.45) is 0 Å². The van der Waals surface area contributed by atoms with Crippen LogP contribution in [0.3, 0.4) is 0 Å². The van der Waals surface area contributed by atoms with E-state index < -0.39 is 52.0 Å². The fraction of sp³-hybridized carbons (Fsp3) is 0.600. The Bertz CT molecular complexity index is 595. The highest BCUT2D eigenvalue weighted by Gasteiger charge is 2.54. The molecule has 0 atom stereocenters. The van der Waals surface area contributed by atoms with Crippen LogP contribution >= 0.6 is 34.8 Å². The minimum absolute atomic E-state index is 0.446. The molecule has 0 aromatic carbocycles. The molecule has 9 nitrogen and oxygen atoms in total. The molecular formula is C15H18Cl3FO9. The highest BCUT2D eigenvalue weighted by molar-refractivity contribution is 6.97. The average Bonchev–Trinajstić information content (AvgIpc) is 3.45. The van der Waals surface area contributed by atoms with E-state index >= 15 is 0 Å². The highest BCUT2D eigenvalue weighted by Crippen LogP contribution is 2.41. The number of aliphatic carboxylic acids is 1. The molecular weight excluding hydrogens is 450 g/mol. The number of carboxylic acid groups (broad SMARTS) is 1. The summed E-state index contributed by atoms with van der Waals surface area (Å²) in [6, 6.07) is 0. The lowest BCUT2D eigenvalue weighted by molar-refractivity contribution is -0.165. The van der Waals surface area contributed by atoms with Crippen LogP contribution < -0.4 is 0 Å². The van der Waals surface area contributed by atoms with Crippen LogP contribution in [0.2, 0.25) is 0 Å². The van der Waals surface area contributed by atoms with Crippen LogP contribution in [-0.2, 0) is 38.2 Å². The van der Waals surface area contributed by atoms with Crippen molar-refractivity contribution in [3.8, 4) is 0 Å². The molecule has 0 saturated heterocycles. The van der Waals surface area contributed by atoms with Crippen molar-refractivity contribution < 1.29 is 49.1 Å². The van der Waals surface area contributed by atoms with Gasteiger partial charge in [-0.1, -0.05) is 0 Å². The van der Waals surface area contributed by atoms with Gasteiger partial charge in [0.25, 0.3) is 5.24 Å². The van der Waals surface area contributed by atoms with E-state index in [2.05, 4.69) is 32.7 Å². The summed E-state index contributed by atoms with van der Waals surface area (Å²) < 4.78 is 24.8. The average molecular weight is 469 g/mol. The van der Waals surface area contributed by atoms with E-state index in [0.717, 1.165) is 0 Å². The molecule has 0 aromatic heterocycles. The molecule has 1 N–H and O–H groups in total. The van der Waals surface area contributed by atoms with Crippen molar-refractivity contribution in [1.82, 2.24) is 0 Å². The number of carboxylic acids is 1. The van der Waals surface area contributed by atoms with Crippen LogP contribution in [0.25, 0.3) is 0 Å². The monoisotopic (exact) mass is 467 g/mol. The van der Waals surface area contributed by atoms with Crippen LogP contribution in [0, 0.1) is 0 Å². The molecule has 0 amide bonds. The Hall–Kier alpha value is -1.78. The lowest BCUT2D eigenvalue weighted by atomic mass is 10.3. The van der Waals surface area contributed by atoms with Gasteiger partial charge in [0.1, 0.15) is 0 Å². The van der Waals surface area contributed by atoms with Gasteiger partial charge in [0.2, 0.25) is 5.60 Å². The number of hydrogen-bond acceptors (Lipinski definition) is 8. The molecule has 0 radical (unpaired) electrons. The SMILES string of the molecule is CC(=O)OC1(C(=O)Cl)CC1.CC(=O)OC1(C(=O)O)CC1.O=C(Cl)C(=O)Cl.[2H]CF. The van der Waals surface area contributed by atoms with E-state index in [1.165, 1.54) is 13.8 Å². The molecule has 160 valence electrons. The lowest BCUT2D eigenvalue weighted by Gasteiger charge is -2.08. The summed E-state index contributed by atoms with van der Waals surface area (Å²) in [6.07, 6.45) is 2.02. The molecule has 0 spiro atoms. The maximum absolute atomic E-state index is 10.6. The predicted molar refractivity (Wildman–Crippen MR) is 94.7 cm³/mol. The van der Waals surface area contributed by atoms with Gasteiger partial charge in [0.05, 0.1) is 8.52 Å². The number of ether oxygens (including phenoxy) is 2. The van der Waals surface area contributed by atoms with Gasteiger partial charge in [-0.25, -0.2) is 4.79 Å². The van der Waals surface area contributed by atoms with Gasteiger partial charge in [-0.2, -0.15) is 0 Å². The second-order valence-electron chi connectivity index (χ2n) is 5.30. The van der Waals surface area contributed by atoms with E-state index in [1.807, 2.05) is 0 Å². The second kappa shape index (κ2) is 12.6. The molecule has 13 heteroatoms. The quantitative estimate of drug-likeness (QED) is 0.365. The first kappa shape index (κ1) is 26.2. The predicted octanol–water partition coefficient (Wildman–Crippen LogP) is 2.12.